The monoisotopic (exact) mass is 208 g/mol. The molecule has 0 aliphatic rings. The summed E-state index contributed by atoms with van der Waals surface area (Å²) in [5.74, 6) is 0.247. The molecule has 0 fully saturated rings. The minimum atomic E-state index is 0.0841. The van der Waals surface area contributed by atoms with E-state index in [1.807, 2.05) is 20.8 Å². The summed E-state index contributed by atoms with van der Waals surface area (Å²) in [5.41, 5.74) is 2.15. The van der Waals surface area contributed by atoms with E-state index in [4.69, 9.17) is 0 Å². The van der Waals surface area contributed by atoms with E-state index in [1.54, 1.807) is 0 Å². The maximum absolute atomic E-state index is 11.5. The number of carbonyl (C=O) groups excluding carboxylic acids is 1. The van der Waals surface area contributed by atoms with Gasteiger partial charge in [-0.2, -0.15) is 0 Å². The van der Waals surface area contributed by atoms with Crippen LogP contribution in [0.5, 0.6) is 0 Å². The molecule has 15 heavy (non-hydrogen) atoms. The summed E-state index contributed by atoms with van der Waals surface area (Å²) in [5, 5.41) is 0. The van der Waals surface area contributed by atoms with Crippen LogP contribution in [-0.4, -0.2) is 5.78 Å². The molecule has 1 nitrogen and oxygen atoms in total. The minimum Gasteiger partial charge on any atom is -0.295 e. The number of rotatable bonds is 6. The van der Waals surface area contributed by atoms with Crippen LogP contribution in [0.25, 0.3) is 0 Å². The van der Waals surface area contributed by atoms with E-state index >= 15 is 0 Å². The predicted octanol–water partition coefficient (Wildman–Crippen LogP) is 4.29. The second kappa shape index (κ2) is 5.89. The molecule has 1 unspecified atom stereocenters. The van der Waals surface area contributed by atoms with E-state index < -0.39 is 0 Å². The van der Waals surface area contributed by atoms with Gasteiger partial charge in [-0.15, -0.1) is 6.58 Å². The number of hydrogen-bond acceptors (Lipinski definition) is 1. The second-order valence-electron chi connectivity index (χ2n) is 4.75. The van der Waals surface area contributed by atoms with E-state index in [0.717, 1.165) is 18.4 Å². The van der Waals surface area contributed by atoms with E-state index in [-0.39, 0.29) is 11.2 Å². The fourth-order valence-corrected chi connectivity index (χ4v) is 1.85. The summed E-state index contributed by atoms with van der Waals surface area (Å²) >= 11 is 0. The molecule has 0 bridgehead atoms. The maximum atomic E-state index is 11.5. The lowest BCUT2D eigenvalue weighted by Gasteiger charge is -2.25. The van der Waals surface area contributed by atoms with Crippen molar-refractivity contribution in [2.75, 3.05) is 0 Å². The van der Waals surface area contributed by atoms with Crippen molar-refractivity contribution in [2.45, 2.75) is 53.9 Å². The zero-order chi connectivity index (χ0) is 12.1. The Hall–Kier alpha value is -0.850. The number of allylic oxidation sites excluding steroid dienone is 3. The van der Waals surface area contributed by atoms with Crippen molar-refractivity contribution in [3.05, 3.63) is 23.8 Å². The molecule has 0 aliphatic heterocycles. The lowest BCUT2D eigenvalue weighted by Crippen LogP contribution is -2.14. The smallest absolute Gasteiger partial charge is 0.158 e. The van der Waals surface area contributed by atoms with Gasteiger partial charge in [0.15, 0.2) is 5.78 Å². The molecule has 0 saturated carbocycles. The van der Waals surface area contributed by atoms with Gasteiger partial charge in [-0.3, -0.25) is 4.79 Å². The van der Waals surface area contributed by atoms with Crippen LogP contribution in [0, 0.1) is 5.41 Å². The maximum Gasteiger partial charge on any atom is 0.158 e. The Balaban J connectivity index is 4.82. The Bertz CT molecular complexity index is 273. The highest BCUT2D eigenvalue weighted by molar-refractivity contribution is 5.94. The molecule has 0 saturated heterocycles. The summed E-state index contributed by atoms with van der Waals surface area (Å²) in [4.78, 5) is 11.5. The summed E-state index contributed by atoms with van der Waals surface area (Å²) in [6.45, 7) is 14.2. The molecule has 0 aliphatic carbocycles. The zero-order valence-electron chi connectivity index (χ0n) is 10.8. The van der Waals surface area contributed by atoms with Crippen molar-refractivity contribution < 1.29 is 4.79 Å². The molecule has 0 spiro atoms. The Labute approximate surface area is 94.3 Å². The van der Waals surface area contributed by atoms with Gasteiger partial charge in [0.05, 0.1) is 0 Å². The van der Waals surface area contributed by atoms with Gasteiger partial charge in [0, 0.05) is 6.42 Å². The molecule has 1 heteroatoms. The van der Waals surface area contributed by atoms with Gasteiger partial charge >= 0.3 is 0 Å². The topological polar surface area (TPSA) is 17.1 Å². The Morgan fingerprint density at radius 2 is 1.87 bits per heavy atom. The minimum absolute atomic E-state index is 0.0841. The van der Waals surface area contributed by atoms with Crippen LogP contribution >= 0.6 is 0 Å². The molecule has 0 heterocycles. The number of hydrogen-bond donors (Lipinski definition) is 0. The number of Topliss-reactive ketones (excluding diaryl/α,β-unsaturated/α-hetero) is 1. The van der Waals surface area contributed by atoms with Crippen molar-refractivity contribution in [2.24, 2.45) is 5.41 Å². The molecule has 0 aromatic rings. The van der Waals surface area contributed by atoms with E-state index in [1.165, 1.54) is 5.57 Å². The van der Waals surface area contributed by atoms with E-state index in [9.17, 15) is 4.79 Å². The summed E-state index contributed by atoms with van der Waals surface area (Å²) in [7, 11) is 0. The second-order valence-corrected chi connectivity index (χ2v) is 4.75. The molecular formula is C14H24O. The third-order valence-corrected chi connectivity index (χ3v) is 2.84. The lowest BCUT2D eigenvalue weighted by atomic mass is 9.79. The van der Waals surface area contributed by atoms with Gasteiger partial charge in [0.2, 0.25) is 0 Å². The van der Waals surface area contributed by atoms with Gasteiger partial charge < -0.3 is 0 Å². The average molecular weight is 208 g/mol. The Morgan fingerprint density at radius 1 is 1.33 bits per heavy atom. The van der Waals surface area contributed by atoms with Crippen LogP contribution in [0.2, 0.25) is 0 Å². The summed E-state index contributed by atoms with van der Waals surface area (Å²) < 4.78 is 0. The number of carbonyl (C=O) groups is 1. The quantitative estimate of drug-likeness (QED) is 0.470. The molecule has 1 atom stereocenters. The molecule has 0 radical (unpaired) electrons. The van der Waals surface area contributed by atoms with Gasteiger partial charge in [0.1, 0.15) is 0 Å². The zero-order valence-corrected chi connectivity index (χ0v) is 10.8. The molecule has 0 aromatic heterocycles. The standard InChI is InChI=1S/C14H24O/c1-7-13(15)12(5)10-14(6,8-2)9-11(3)4/h10H,3,7-9H2,1-2,4-6H3/b12-10+. The molecule has 0 amide bonds. The molecule has 0 rings (SSSR count). The first-order valence-electron chi connectivity index (χ1n) is 5.71. The SMILES string of the molecule is C=C(C)CC(C)(/C=C(\C)C(=O)CC)CC. The van der Waals surface area contributed by atoms with Gasteiger partial charge in [-0.1, -0.05) is 32.4 Å². The van der Waals surface area contributed by atoms with Crippen molar-refractivity contribution >= 4 is 5.78 Å². The number of ketones is 1. The first-order valence-corrected chi connectivity index (χ1v) is 5.71. The average Bonchev–Trinajstić information content (AvgIpc) is 2.15. The van der Waals surface area contributed by atoms with Crippen molar-refractivity contribution in [1.29, 1.82) is 0 Å². The van der Waals surface area contributed by atoms with Crippen molar-refractivity contribution in [3.8, 4) is 0 Å². The van der Waals surface area contributed by atoms with Crippen LogP contribution in [0.1, 0.15) is 53.9 Å². The third-order valence-electron chi connectivity index (χ3n) is 2.84. The van der Waals surface area contributed by atoms with E-state index in [2.05, 4.69) is 26.5 Å². The third kappa shape index (κ3) is 4.96. The highest BCUT2D eigenvalue weighted by atomic mass is 16.1. The summed E-state index contributed by atoms with van der Waals surface area (Å²) in [6, 6.07) is 0. The van der Waals surface area contributed by atoms with Crippen LogP contribution in [0.4, 0.5) is 0 Å². The van der Waals surface area contributed by atoms with Gasteiger partial charge in [0.25, 0.3) is 0 Å². The molecule has 0 N–H and O–H groups in total. The Morgan fingerprint density at radius 3 is 2.20 bits per heavy atom. The Kier molecular flexibility index (Phi) is 5.56. The van der Waals surface area contributed by atoms with Crippen LogP contribution < -0.4 is 0 Å². The van der Waals surface area contributed by atoms with E-state index in [0.29, 0.717) is 6.42 Å². The lowest BCUT2D eigenvalue weighted by molar-refractivity contribution is -0.115. The fourth-order valence-electron chi connectivity index (χ4n) is 1.85. The normalized spacial score (nSPS) is 15.9. The van der Waals surface area contributed by atoms with Gasteiger partial charge in [-0.05, 0) is 37.7 Å². The summed E-state index contributed by atoms with van der Waals surface area (Å²) in [6.07, 6.45) is 4.70. The molecule has 0 aromatic carbocycles. The predicted molar refractivity (Wildman–Crippen MR) is 66.9 cm³/mol. The van der Waals surface area contributed by atoms with Crippen LogP contribution in [0.3, 0.4) is 0 Å². The first kappa shape index (κ1) is 14.2. The fraction of sp³-hybridized carbons (Fsp3) is 0.643. The highest BCUT2D eigenvalue weighted by Crippen LogP contribution is 2.32. The first-order chi connectivity index (χ1) is 6.84. The molecular weight excluding hydrogens is 184 g/mol. The van der Waals surface area contributed by atoms with Crippen molar-refractivity contribution in [3.63, 3.8) is 0 Å². The largest absolute Gasteiger partial charge is 0.295 e. The van der Waals surface area contributed by atoms with Crippen LogP contribution in [-0.2, 0) is 4.79 Å². The molecule has 86 valence electrons. The van der Waals surface area contributed by atoms with Crippen molar-refractivity contribution in [1.82, 2.24) is 0 Å². The van der Waals surface area contributed by atoms with Crippen LogP contribution in [0.15, 0.2) is 23.8 Å². The van der Waals surface area contributed by atoms with Gasteiger partial charge in [-0.25, -0.2) is 0 Å². The highest BCUT2D eigenvalue weighted by Gasteiger charge is 2.20.